The van der Waals surface area contributed by atoms with Crippen molar-refractivity contribution >= 4 is 45.8 Å². The molecule has 21 heavy (non-hydrogen) atoms. The Morgan fingerprint density at radius 3 is 2.52 bits per heavy atom. The zero-order valence-corrected chi connectivity index (χ0v) is 14.8. The zero-order chi connectivity index (χ0) is 15.4. The van der Waals surface area contributed by atoms with Crippen molar-refractivity contribution in [3.8, 4) is 0 Å². The van der Waals surface area contributed by atoms with E-state index in [9.17, 15) is 0 Å². The smallest absolute Gasteiger partial charge is 0.111 e. The molecule has 1 aromatic heterocycles. The van der Waals surface area contributed by atoms with Crippen LogP contribution in [0.1, 0.15) is 38.9 Å². The number of halogens is 3. The summed E-state index contributed by atoms with van der Waals surface area (Å²) in [6.45, 7) is 5.47. The highest BCUT2D eigenvalue weighted by Crippen LogP contribution is 2.29. The molecule has 116 valence electrons. The number of benzene rings is 1. The molecule has 5 heteroatoms. The van der Waals surface area contributed by atoms with Crippen molar-refractivity contribution in [2.75, 3.05) is 5.88 Å². The molecule has 2 aromatic rings. The minimum absolute atomic E-state index is 0.547. The Balaban J connectivity index is 2.25. The standard InChI is InChI=1S/C16H21Cl3N2/c1-11(2)5-3-4-8-21-15-10-13(19)12(18)9-14(15)20-16(21)6-7-17/h9-11H,3-8H2,1-2H3. The summed E-state index contributed by atoms with van der Waals surface area (Å²) in [7, 11) is 0. The number of aryl methyl sites for hydroxylation is 2. The van der Waals surface area contributed by atoms with Crippen LogP contribution in [0.15, 0.2) is 12.1 Å². The van der Waals surface area contributed by atoms with Crippen LogP contribution in [0.4, 0.5) is 0 Å². The quantitative estimate of drug-likeness (QED) is 0.447. The van der Waals surface area contributed by atoms with E-state index in [-0.39, 0.29) is 0 Å². The van der Waals surface area contributed by atoms with E-state index >= 15 is 0 Å². The second kappa shape index (κ2) is 7.71. The Morgan fingerprint density at radius 1 is 1.14 bits per heavy atom. The van der Waals surface area contributed by atoms with Crippen LogP contribution >= 0.6 is 34.8 Å². The summed E-state index contributed by atoms with van der Waals surface area (Å²) in [6, 6.07) is 3.74. The van der Waals surface area contributed by atoms with E-state index in [1.165, 1.54) is 12.8 Å². The number of hydrogen-bond donors (Lipinski definition) is 0. The van der Waals surface area contributed by atoms with Gasteiger partial charge < -0.3 is 4.57 Å². The minimum atomic E-state index is 0.547. The van der Waals surface area contributed by atoms with Crippen LogP contribution in [-0.4, -0.2) is 15.4 Å². The molecule has 0 saturated heterocycles. The second-order valence-corrected chi connectivity index (χ2v) is 6.96. The molecule has 0 saturated carbocycles. The van der Waals surface area contributed by atoms with E-state index in [4.69, 9.17) is 34.8 Å². The first-order valence-electron chi connectivity index (χ1n) is 7.43. The van der Waals surface area contributed by atoms with Gasteiger partial charge in [0.2, 0.25) is 0 Å². The Hall–Kier alpha value is -0.440. The van der Waals surface area contributed by atoms with Crippen LogP contribution in [0.3, 0.4) is 0 Å². The van der Waals surface area contributed by atoms with Crippen LogP contribution in [0.25, 0.3) is 11.0 Å². The summed E-state index contributed by atoms with van der Waals surface area (Å²) >= 11 is 18.1. The van der Waals surface area contributed by atoms with Gasteiger partial charge in [0.15, 0.2) is 0 Å². The Bertz CT molecular complexity index is 605. The maximum Gasteiger partial charge on any atom is 0.111 e. The van der Waals surface area contributed by atoms with Gasteiger partial charge in [-0.05, 0) is 24.5 Å². The Morgan fingerprint density at radius 2 is 1.86 bits per heavy atom. The highest BCUT2D eigenvalue weighted by atomic mass is 35.5. The normalized spacial score (nSPS) is 11.7. The molecule has 1 aromatic carbocycles. The number of hydrogen-bond acceptors (Lipinski definition) is 1. The average molecular weight is 348 g/mol. The molecule has 0 amide bonds. The van der Waals surface area contributed by atoms with E-state index in [1.54, 1.807) is 0 Å². The number of nitrogens with zero attached hydrogens (tertiary/aromatic N) is 2. The number of rotatable bonds is 7. The first kappa shape index (κ1) is 16.9. The monoisotopic (exact) mass is 346 g/mol. The number of fused-ring (bicyclic) bond motifs is 1. The van der Waals surface area contributed by atoms with Crippen molar-refractivity contribution in [1.82, 2.24) is 9.55 Å². The van der Waals surface area contributed by atoms with Crippen LogP contribution in [0.2, 0.25) is 10.0 Å². The molecular formula is C16H21Cl3N2. The molecular weight excluding hydrogens is 327 g/mol. The van der Waals surface area contributed by atoms with Gasteiger partial charge in [-0.1, -0.05) is 49.9 Å². The highest BCUT2D eigenvalue weighted by Gasteiger charge is 2.12. The van der Waals surface area contributed by atoms with Crippen molar-refractivity contribution in [2.24, 2.45) is 5.92 Å². The van der Waals surface area contributed by atoms with E-state index in [1.807, 2.05) is 12.1 Å². The van der Waals surface area contributed by atoms with E-state index in [2.05, 4.69) is 23.4 Å². The third-order valence-corrected chi connectivity index (χ3v) is 4.51. The zero-order valence-electron chi connectivity index (χ0n) is 12.5. The average Bonchev–Trinajstić information content (AvgIpc) is 2.73. The first-order valence-corrected chi connectivity index (χ1v) is 8.72. The maximum absolute atomic E-state index is 6.15. The largest absolute Gasteiger partial charge is 0.328 e. The summed E-state index contributed by atoms with van der Waals surface area (Å²) in [5, 5.41) is 1.12. The molecule has 0 spiro atoms. The molecule has 1 heterocycles. The van der Waals surface area contributed by atoms with Gasteiger partial charge in [0.1, 0.15) is 5.82 Å². The first-order chi connectivity index (χ1) is 10.0. The van der Waals surface area contributed by atoms with Gasteiger partial charge >= 0.3 is 0 Å². The van der Waals surface area contributed by atoms with Gasteiger partial charge in [0, 0.05) is 18.8 Å². The van der Waals surface area contributed by atoms with Crippen LogP contribution in [0, 0.1) is 5.92 Å². The molecule has 0 radical (unpaired) electrons. The van der Waals surface area contributed by atoms with Crippen molar-refractivity contribution in [3.63, 3.8) is 0 Å². The lowest BCUT2D eigenvalue weighted by Crippen LogP contribution is -2.05. The topological polar surface area (TPSA) is 17.8 Å². The molecule has 0 fully saturated rings. The van der Waals surface area contributed by atoms with Crippen LogP contribution in [0.5, 0.6) is 0 Å². The fraction of sp³-hybridized carbons (Fsp3) is 0.562. The van der Waals surface area contributed by atoms with Crippen LogP contribution < -0.4 is 0 Å². The predicted molar refractivity (Wildman–Crippen MR) is 92.9 cm³/mol. The summed E-state index contributed by atoms with van der Waals surface area (Å²) in [5.41, 5.74) is 1.95. The van der Waals surface area contributed by atoms with Gasteiger partial charge in [-0.15, -0.1) is 11.6 Å². The fourth-order valence-electron chi connectivity index (χ4n) is 2.52. The van der Waals surface area contributed by atoms with Crippen LogP contribution in [-0.2, 0) is 13.0 Å². The van der Waals surface area contributed by atoms with E-state index < -0.39 is 0 Å². The lowest BCUT2D eigenvalue weighted by atomic mass is 10.1. The van der Waals surface area contributed by atoms with Gasteiger partial charge in [0.25, 0.3) is 0 Å². The Kier molecular flexibility index (Phi) is 6.21. The number of aromatic nitrogens is 2. The molecule has 0 bridgehead atoms. The lowest BCUT2D eigenvalue weighted by Gasteiger charge is -2.10. The highest BCUT2D eigenvalue weighted by molar-refractivity contribution is 6.42. The molecule has 0 aliphatic carbocycles. The number of unbranched alkanes of at least 4 members (excludes halogenated alkanes) is 1. The Labute approximate surface area is 141 Å². The fourth-order valence-corrected chi connectivity index (χ4v) is 3.00. The molecule has 0 aliphatic rings. The number of alkyl halides is 1. The molecule has 0 aliphatic heterocycles. The number of imidazole rings is 1. The van der Waals surface area contributed by atoms with Crippen molar-refractivity contribution in [1.29, 1.82) is 0 Å². The third-order valence-electron chi connectivity index (χ3n) is 3.60. The minimum Gasteiger partial charge on any atom is -0.328 e. The summed E-state index contributed by atoms with van der Waals surface area (Å²) in [4.78, 5) is 4.65. The SMILES string of the molecule is CC(C)CCCCn1c(CCCl)nc2cc(Cl)c(Cl)cc21. The summed E-state index contributed by atoms with van der Waals surface area (Å²) < 4.78 is 2.24. The third kappa shape index (κ3) is 4.28. The summed E-state index contributed by atoms with van der Waals surface area (Å²) in [5.74, 6) is 2.33. The van der Waals surface area contributed by atoms with Gasteiger partial charge in [0.05, 0.1) is 21.1 Å². The molecule has 2 nitrogen and oxygen atoms in total. The summed E-state index contributed by atoms with van der Waals surface area (Å²) in [6.07, 6.45) is 4.37. The van der Waals surface area contributed by atoms with Gasteiger partial charge in [-0.3, -0.25) is 0 Å². The second-order valence-electron chi connectivity index (χ2n) is 5.76. The van der Waals surface area contributed by atoms with E-state index in [0.717, 1.165) is 42.2 Å². The molecule has 2 rings (SSSR count). The maximum atomic E-state index is 6.15. The molecule has 0 unspecified atom stereocenters. The molecule has 0 atom stereocenters. The molecule has 0 N–H and O–H groups in total. The lowest BCUT2D eigenvalue weighted by molar-refractivity contribution is 0.508. The van der Waals surface area contributed by atoms with E-state index in [0.29, 0.717) is 15.9 Å². The van der Waals surface area contributed by atoms with Crippen molar-refractivity contribution in [3.05, 3.63) is 28.0 Å². The van der Waals surface area contributed by atoms with Crippen molar-refractivity contribution < 1.29 is 0 Å². The van der Waals surface area contributed by atoms with Gasteiger partial charge in [-0.25, -0.2) is 4.98 Å². The van der Waals surface area contributed by atoms with Crippen molar-refractivity contribution in [2.45, 2.75) is 46.1 Å². The van der Waals surface area contributed by atoms with Gasteiger partial charge in [-0.2, -0.15) is 0 Å². The predicted octanol–water partition coefficient (Wildman–Crippen LogP) is 5.95.